The zero-order valence-corrected chi connectivity index (χ0v) is 31.5. The van der Waals surface area contributed by atoms with E-state index in [1.165, 1.54) is 12.0 Å². The summed E-state index contributed by atoms with van der Waals surface area (Å²) in [5.41, 5.74) is 4.37. The molecule has 0 aromatic carbocycles. The van der Waals surface area contributed by atoms with Gasteiger partial charge in [0, 0.05) is 84.9 Å². The van der Waals surface area contributed by atoms with Crippen LogP contribution in [0.4, 0.5) is 0 Å². The van der Waals surface area contributed by atoms with Gasteiger partial charge in [-0.1, -0.05) is 72.2 Å². The van der Waals surface area contributed by atoms with Crippen LogP contribution in [-0.4, -0.2) is 37.6 Å². The molecule has 0 N–H and O–H groups in total. The van der Waals surface area contributed by atoms with Crippen molar-refractivity contribution in [3.63, 3.8) is 0 Å². The van der Waals surface area contributed by atoms with Gasteiger partial charge in [0.25, 0.3) is 0 Å². The van der Waals surface area contributed by atoms with Crippen molar-refractivity contribution in [2.75, 3.05) is 17.6 Å². The highest BCUT2D eigenvalue weighted by molar-refractivity contribution is 6.18. The third-order valence-corrected chi connectivity index (χ3v) is 4.63. The van der Waals surface area contributed by atoms with Crippen LogP contribution in [0.25, 0.3) is 0 Å². The quantitative estimate of drug-likeness (QED) is 0.196. The van der Waals surface area contributed by atoms with Crippen LogP contribution in [0.5, 0.6) is 0 Å². The second kappa shape index (κ2) is 45.8. The van der Waals surface area contributed by atoms with Crippen LogP contribution in [-0.2, 0) is 24.1 Å². The zero-order valence-electron chi connectivity index (χ0n) is 27.0. The monoisotopic (exact) mass is 724 g/mol. The lowest BCUT2D eigenvalue weighted by atomic mass is 10.2. The molecule has 10 heteroatoms. The normalized spacial score (nSPS) is 8.27. The summed E-state index contributed by atoms with van der Waals surface area (Å²) in [6.07, 6.45) is 16.4. The number of hydrogen-bond donors (Lipinski definition) is 0. The molecule has 4 aromatic heterocycles. The first kappa shape index (κ1) is 49.2. The van der Waals surface area contributed by atoms with Crippen molar-refractivity contribution in [2.45, 2.75) is 72.0 Å². The van der Waals surface area contributed by atoms with Crippen molar-refractivity contribution in [2.24, 2.45) is 0 Å². The van der Waals surface area contributed by atoms with Gasteiger partial charge < -0.3 is 0 Å². The van der Waals surface area contributed by atoms with Crippen LogP contribution in [0.2, 0.25) is 0 Å². The van der Waals surface area contributed by atoms with Crippen molar-refractivity contribution in [3.05, 3.63) is 120 Å². The highest BCUT2D eigenvalue weighted by Crippen LogP contribution is 2.07. The molecule has 4 nitrogen and oxygen atoms in total. The molecular weight excluding hydrogens is 677 g/mol. The van der Waals surface area contributed by atoms with Crippen molar-refractivity contribution in [1.29, 1.82) is 0 Å². The Morgan fingerprint density at radius 3 is 0.841 bits per heavy atom. The second-order valence-corrected chi connectivity index (χ2v) is 10.1. The van der Waals surface area contributed by atoms with Crippen molar-refractivity contribution in [1.82, 2.24) is 19.9 Å². The summed E-state index contributed by atoms with van der Waals surface area (Å²) in [4.78, 5) is 15.6. The Morgan fingerprint density at radius 1 is 0.409 bits per heavy atom. The summed E-state index contributed by atoms with van der Waals surface area (Å²) in [6, 6.07) is 15.5. The van der Waals surface area contributed by atoms with E-state index in [9.17, 15) is 0 Å². The van der Waals surface area contributed by atoms with Gasteiger partial charge in [0.15, 0.2) is 0 Å². The molecule has 0 aliphatic carbocycles. The number of rotatable bonds is 4. The predicted molar refractivity (Wildman–Crippen MR) is 200 cm³/mol. The molecule has 0 bridgehead atoms. The first-order valence-electron chi connectivity index (χ1n) is 14.3. The fourth-order valence-electron chi connectivity index (χ4n) is 2.12. The zero-order chi connectivity index (χ0) is 34.1. The second-order valence-electron chi connectivity index (χ2n) is 7.72. The summed E-state index contributed by atoms with van der Waals surface area (Å²) in [6.45, 7) is 12.0. The lowest BCUT2D eigenvalue weighted by molar-refractivity contribution is 1.08. The molecule has 4 rings (SSSR count). The first-order valence-corrected chi connectivity index (χ1v) is 17.5. The summed E-state index contributed by atoms with van der Waals surface area (Å²) >= 11 is 31.8. The molecule has 248 valence electrons. The van der Waals surface area contributed by atoms with E-state index in [0.29, 0.717) is 17.6 Å². The number of nitrogens with zero attached hydrogens (tertiary/aromatic N) is 4. The molecule has 0 unspecified atom stereocenters. The average Bonchev–Trinajstić information content (AvgIpc) is 3.08. The lowest BCUT2D eigenvalue weighted by Gasteiger charge is -1.96. The minimum absolute atomic E-state index is 0.498. The van der Waals surface area contributed by atoms with Crippen LogP contribution in [0.3, 0.4) is 0 Å². The van der Waals surface area contributed by atoms with Gasteiger partial charge in [-0.2, -0.15) is 0 Å². The van der Waals surface area contributed by atoms with E-state index in [-0.39, 0.29) is 0 Å². The summed E-state index contributed by atoms with van der Waals surface area (Å²) in [5, 5.41) is 0. The SMILES string of the molecule is CCC.CCCl.CCCl.CCCl.CCc1cncc(CCl)c1.ClCc1cncc(CCl)c1.c1ccncc1.c1ccncc1. The largest absolute Gasteiger partial charge is 0.265 e. The lowest BCUT2D eigenvalue weighted by Crippen LogP contribution is -1.85. The topological polar surface area (TPSA) is 51.6 Å². The Balaban J connectivity index is -0.000000220. The third-order valence-electron chi connectivity index (χ3n) is 3.71. The van der Waals surface area contributed by atoms with E-state index in [1.807, 2.05) is 69.4 Å². The molecule has 0 amide bonds. The first-order chi connectivity index (χ1) is 21.4. The number of hydrogen-bond acceptors (Lipinski definition) is 4. The maximum Gasteiger partial charge on any atom is 0.0489 e. The molecular formula is C34H50Cl6N4. The average molecular weight is 728 g/mol. The van der Waals surface area contributed by atoms with E-state index in [2.05, 4.69) is 46.8 Å². The number of pyridine rings is 4. The highest BCUT2D eigenvalue weighted by Gasteiger charge is 1.93. The molecule has 0 fully saturated rings. The van der Waals surface area contributed by atoms with Gasteiger partial charge in [-0.25, -0.2) is 0 Å². The number of halogens is 6. The van der Waals surface area contributed by atoms with Crippen LogP contribution in [0.15, 0.2) is 98.1 Å². The highest BCUT2D eigenvalue weighted by atomic mass is 35.5. The molecule has 0 radical (unpaired) electrons. The van der Waals surface area contributed by atoms with Crippen molar-refractivity contribution >= 4 is 69.6 Å². The summed E-state index contributed by atoms with van der Waals surface area (Å²) < 4.78 is 0. The van der Waals surface area contributed by atoms with Gasteiger partial charge in [-0.05, 0) is 52.9 Å². The van der Waals surface area contributed by atoms with Gasteiger partial charge in [0.2, 0.25) is 0 Å². The van der Waals surface area contributed by atoms with Crippen LogP contribution in [0, 0.1) is 0 Å². The number of alkyl halides is 6. The Kier molecular flexibility index (Phi) is 51.2. The Labute approximate surface area is 297 Å². The standard InChI is InChI=1S/C8H10ClN.C7H7Cl2N.2C5H5N.C3H8.3C2H5Cl/c1-2-7-3-8(4-9)6-10-5-7;8-2-6-1-7(3-9)5-10-4-6;2*1-2-4-6-5-3-1;1-3-2;3*1-2-3/h3,5-6H,2,4H2,1H3;1,4-5H,2-3H2;2*1-5H;3H2,1-2H3;3*2H2,1H3. The Hall–Kier alpha value is -1.66. The van der Waals surface area contributed by atoms with Gasteiger partial charge in [0.1, 0.15) is 0 Å². The minimum Gasteiger partial charge on any atom is -0.265 e. The van der Waals surface area contributed by atoms with Gasteiger partial charge in [-0.15, -0.1) is 69.6 Å². The van der Waals surface area contributed by atoms with Gasteiger partial charge in [-0.3, -0.25) is 19.9 Å². The van der Waals surface area contributed by atoms with E-state index in [0.717, 1.165) is 40.8 Å². The number of aromatic nitrogens is 4. The Morgan fingerprint density at radius 2 is 0.659 bits per heavy atom. The van der Waals surface area contributed by atoms with Crippen molar-refractivity contribution < 1.29 is 0 Å². The molecule has 0 atom stereocenters. The maximum absolute atomic E-state index is 5.62. The molecule has 0 aliphatic rings. The predicted octanol–water partition coefficient (Wildman–Crippen LogP) is 12.3. The smallest absolute Gasteiger partial charge is 0.0489 e. The molecule has 0 saturated carbocycles. The Bertz CT molecular complexity index is 838. The molecule has 4 heterocycles. The maximum atomic E-state index is 5.62. The molecule has 4 aromatic rings. The summed E-state index contributed by atoms with van der Waals surface area (Å²) in [5.74, 6) is 3.72. The third kappa shape index (κ3) is 42.5. The minimum atomic E-state index is 0.498. The molecule has 0 aliphatic heterocycles. The van der Waals surface area contributed by atoms with E-state index >= 15 is 0 Å². The van der Waals surface area contributed by atoms with E-state index < -0.39 is 0 Å². The fraction of sp³-hybridized carbons (Fsp3) is 0.412. The van der Waals surface area contributed by atoms with Crippen molar-refractivity contribution in [3.8, 4) is 0 Å². The van der Waals surface area contributed by atoms with Crippen LogP contribution < -0.4 is 0 Å². The fourth-order valence-corrected chi connectivity index (χ4v) is 2.56. The molecule has 0 saturated heterocycles. The van der Waals surface area contributed by atoms with Crippen LogP contribution in [0.1, 0.15) is 70.2 Å². The van der Waals surface area contributed by atoms with E-state index in [1.54, 1.807) is 43.4 Å². The van der Waals surface area contributed by atoms with Gasteiger partial charge >= 0.3 is 0 Å². The summed E-state index contributed by atoms with van der Waals surface area (Å²) in [7, 11) is 0. The van der Waals surface area contributed by atoms with Crippen LogP contribution >= 0.6 is 69.6 Å². The molecule has 44 heavy (non-hydrogen) atoms. The number of aryl methyl sites for hydroxylation is 1. The van der Waals surface area contributed by atoms with Gasteiger partial charge in [0.05, 0.1) is 0 Å². The molecule has 0 spiro atoms. The van der Waals surface area contributed by atoms with E-state index in [4.69, 9.17) is 69.6 Å².